The van der Waals surface area contributed by atoms with Crippen molar-refractivity contribution in [2.75, 3.05) is 33.5 Å². The second-order valence-corrected chi connectivity index (χ2v) is 6.32. The molecule has 0 aliphatic heterocycles. The number of aryl methyl sites for hydroxylation is 1. The summed E-state index contributed by atoms with van der Waals surface area (Å²) in [7, 11) is 3.55. The van der Waals surface area contributed by atoms with Crippen molar-refractivity contribution in [1.82, 2.24) is 14.9 Å². The minimum atomic E-state index is -0.136. The molecule has 0 atom stereocenters. The van der Waals surface area contributed by atoms with Gasteiger partial charge in [-0.25, -0.2) is 4.98 Å². The Morgan fingerprint density at radius 1 is 1.14 bits per heavy atom. The molecule has 148 valence electrons. The molecular weight excluding hydrogens is 358 g/mol. The second-order valence-electron chi connectivity index (χ2n) is 6.32. The molecule has 1 N–H and O–H groups in total. The third kappa shape index (κ3) is 5.09. The van der Waals surface area contributed by atoms with Crippen LogP contribution in [0, 0.1) is 0 Å². The molecule has 0 spiro atoms. The largest absolute Gasteiger partial charge is 0.491 e. The zero-order valence-electron chi connectivity index (χ0n) is 16.2. The average molecular weight is 383 g/mol. The van der Waals surface area contributed by atoms with Gasteiger partial charge in [-0.15, -0.1) is 0 Å². The van der Waals surface area contributed by atoms with E-state index in [1.54, 1.807) is 19.5 Å². The molecule has 1 amide bonds. The Bertz CT molecular complexity index is 923. The number of aromatic nitrogens is 2. The lowest BCUT2D eigenvalue weighted by Gasteiger charge is -2.12. The molecule has 0 saturated heterocycles. The van der Waals surface area contributed by atoms with Crippen LogP contribution in [0.5, 0.6) is 5.75 Å². The zero-order valence-corrected chi connectivity index (χ0v) is 16.2. The molecule has 7 nitrogen and oxygen atoms in total. The smallest absolute Gasteiger partial charge is 0.251 e. The number of hydrogen-bond acceptors (Lipinski definition) is 5. The van der Waals surface area contributed by atoms with Gasteiger partial charge in [0.25, 0.3) is 5.91 Å². The molecule has 2 aromatic carbocycles. The van der Waals surface area contributed by atoms with E-state index in [2.05, 4.69) is 10.3 Å². The zero-order chi connectivity index (χ0) is 19.8. The molecule has 0 radical (unpaired) electrons. The third-order valence-electron chi connectivity index (χ3n) is 4.29. The van der Waals surface area contributed by atoms with Crippen LogP contribution < -0.4 is 10.1 Å². The number of carbonyl (C=O) groups excluding carboxylic acids is 1. The van der Waals surface area contributed by atoms with Crippen LogP contribution in [0.15, 0.2) is 48.8 Å². The number of para-hydroxylation sites is 1. The highest BCUT2D eigenvalue weighted by molar-refractivity contribution is 5.97. The van der Waals surface area contributed by atoms with Crippen molar-refractivity contribution >= 4 is 16.9 Å². The van der Waals surface area contributed by atoms with Gasteiger partial charge in [-0.2, -0.15) is 0 Å². The number of nitrogens with zero attached hydrogens (tertiary/aromatic N) is 2. The molecule has 0 saturated carbocycles. The van der Waals surface area contributed by atoms with Crippen molar-refractivity contribution in [1.29, 1.82) is 0 Å². The molecule has 0 unspecified atom stereocenters. The minimum absolute atomic E-state index is 0.136. The first-order valence-electron chi connectivity index (χ1n) is 9.15. The molecule has 7 heteroatoms. The van der Waals surface area contributed by atoms with Gasteiger partial charge in [-0.3, -0.25) is 4.79 Å². The summed E-state index contributed by atoms with van der Waals surface area (Å²) in [4.78, 5) is 16.6. The number of hydrogen-bond donors (Lipinski definition) is 1. The van der Waals surface area contributed by atoms with Gasteiger partial charge in [0, 0.05) is 25.3 Å². The van der Waals surface area contributed by atoms with Crippen LogP contribution in [0.1, 0.15) is 15.9 Å². The Hall–Kier alpha value is -2.90. The summed E-state index contributed by atoms with van der Waals surface area (Å²) < 4.78 is 18.2. The summed E-state index contributed by atoms with van der Waals surface area (Å²) in [6, 6.07) is 13.2. The lowest BCUT2D eigenvalue weighted by atomic mass is 10.2. The number of amides is 1. The van der Waals surface area contributed by atoms with E-state index in [4.69, 9.17) is 14.2 Å². The van der Waals surface area contributed by atoms with Gasteiger partial charge >= 0.3 is 0 Å². The first-order chi connectivity index (χ1) is 13.7. The van der Waals surface area contributed by atoms with Crippen molar-refractivity contribution in [3.63, 3.8) is 0 Å². The van der Waals surface area contributed by atoms with Crippen molar-refractivity contribution in [2.24, 2.45) is 7.05 Å². The Morgan fingerprint density at radius 3 is 2.86 bits per heavy atom. The lowest BCUT2D eigenvalue weighted by Crippen LogP contribution is -2.28. The molecule has 1 heterocycles. The van der Waals surface area contributed by atoms with Gasteiger partial charge in [0.05, 0.1) is 43.7 Å². The average Bonchev–Trinajstić information content (AvgIpc) is 3.09. The van der Waals surface area contributed by atoms with Crippen LogP contribution in [0.25, 0.3) is 11.0 Å². The Balaban J connectivity index is 1.48. The second kappa shape index (κ2) is 9.87. The van der Waals surface area contributed by atoms with E-state index in [9.17, 15) is 4.79 Å². The van der Waals surface area contributed by atoms with Crippen LogP contribution in [0.4, 0.5) is 0 Å². The number of benzene rings is 2. The fourth-order valence-corrected chi connectivity index (χ4v) is 2.78. The highest BCUT2D eigenvalue weighted by Gasteiger charge is 2.09. The maximum atomic E-state index is 12.4. The molecule has 28 heavy (non-hydrogen) atoms. The topological polar surface area (TPSA) is 74.6 Å². The lowest BCUT2D eigenvalue weighted by molar-refractivity contribution is 0.0605. The number of rotatable bonds is 10. The molecule has 0 bridgehead atoms. The number of imidazole rings is 1. The van der Waals surface area contributed by atoms with Crippen LogP contribution in [0.2, 0.25) is 0 Å². The van der Waals surface area contributed by atoms with E-state index in [1.165, 1.54) is 0 Å². The van der Waals surface area contributed by atoms with E-state index in [1.807, 2.05) is 48.0 Å². The molecule has 0 aliphatic rings. The summed E-state index contributed by atoms with van der Waals surface area (Å²) in [5.74, 6) is 0.619. The monoisotopic (exact) mass is 383 g/mol. The van der Waals surface area contributed by atoms with Gasteiger partial charge in [0.1, 0.15) is 12.4 Å². The third-order valence-corrected chi connectivity index (χ3v) is 4.29. The van der Waals surface area contributed by atoms with E-state index >= 15 is 0 Å². The summed E-state index contributed by atoms with van der Waals surface area (Å²) in [5.41, 5.74) is 3.35. The molecule has 3 aromatic rings. The molecule has 1 aromatic heterocycles. The normalized spacial score (nSPS) is 10.9. The van der Waals surface area contributed by atoms with Crippen molar-refractivity contribution in [3.8, 4) is 5.75 Å². The van der Waals surface area contributed by atoms with Gasteiger partial charge in [0.15, 0.2) is 0 Å². The van der Waals surface area contributed by atoms with Crippen molar-refractivity contribution in [3.05, 3.63) is 59.9 Å². The number of ether oxygens (including phenoxy) is 3. The Kier molecular flexibility index (Phi) is 7.00. The van der Waals surface area contributed by atoms with Crippen molar-refractivity contribution in [2.45, 2.75) is 6.61 Å². The van der Waals surface area contributed by atoms with Crippen LogP contribution >= 0.6 is 0 Å². The number of carbonyl (C=O) groups is 1. The fourth-order valence-electron chi connectivity index (χ4n) is 2.78. The van der Waals surface area contributed by atoms with Crippen LogP contribution in [-0.2, 0) is 23.1 Å². The predicted octanol–water partition coefficient (Wildman–Crippen LogP) is 2.55. The minimum Gasteiger partial charge on any atom is -0.491 e. The first kappa shape index (κ1) is 19.9. The predicted molar refractivity (Wildman–Crippen MR) is 107 cm³/mol. The molecular formula is C21H25N3O4. The summed E-state index contributed by atoms with van der Waals surface area (Å²) in [6.45, 7) is 2.31. The standard InChI is InChI=1S/C21H25N3O4/c1-24-15-23-18-8-7-16(13-19(18)24)21(25)22-9-10-28-20-6-4-3-5-17(20)14-27-12-11-26-2/h3-8,13,15H,9-12,14H2,1-2H3,(H,22,25). The quantitative estimate of drug-likeness (QED) is 0.545. The maximum Gasteiger partial charge on any atom is 0.251 e. The van der Waals surface area contributed by atoms with Gasteiger partial charge in [-0.1, -0.05) is 18.2 Å². The molecule has 3 rings (SSSR count). The van der Waals surface area contributed by atoms with Crippen LogP contribution in [-0.4, -0.2) is 48.9 Å². The summed E-state index contributed by atoms with van der Waals surface area (Å²) >= 11 is 0. The highest BCUT2D eigenvalue weighted by atomic mass is 16.5. The Labute approximate surface area is 164 Å². The van der Waals surface area contributed by atoms with Crippen LogP contribution in [0.3, 0.4) is 0 Å². The number of methoxy groups -OCH3 is 1. The van der Waals surface area contributed by atoms with Gasteiger partial charge < -0.3 is 24.1 Å². The number of nitrogens with one attached hydrogen (secondary N) is 1. The SMILES string of the molecule is COCCOCc1ccccc1OCCNC(=O)c1ccc2ncn(C)c2c1. The van der Waals surface area contributed by atoms with E-state index in [0.717, 1.165) is 22.3 Å². The fraction of sp³-hybridized carbons (Fsp3) is 0.333. The van der Waals surface area contributed by atoms with E-state index < -0.39 is 0 Å². The van der Waals surface area contributed by atoms with Gasteiger partial charge in [-0.05, 0) is 24.3 Å². The molecule has 0 aliphatic carbocycles. The number of fused-ring (bicyclic) bond motifs is 1. The summed E-state index contributed by atoms with van der Waals surface area (Å²) in [6.07, 6.45) is 1.73. The van der Waals surface area contributed by atoms with Crippen molar-refractivity contribution < 1.29 is 19.0 Å². The summed E-state index contributed by atoms with van der Waals surface area (Å²) in [5, 5.41) is 2.88. The maximum absolute atomic E-state index is 12.4. The van der Waals surface area contributed by atoms with E-state index in [0.29, 0.717) is 38.5 Å². The highest BCUT2D eigenvalue weighted by Crippen LogP contribution is 2.18. The Morgan fingerprint density at radius 2 is 2.00 bits per heavy atom. The van der Waals surface area contributed by atoms with E-state index in [-0.39, 0.29) is 5.91 Å². The first-order valence-corrected chi connectivity index (χ1v) is 9.15. The van der Waals surface area contributed by atoms with Gasteiger partial charge in [0.2, 0.25) is 0 Å². The molecule has 0 fully saturated rings.